The zero-order valence-electron chi connectivity index (χ0n) is 12.5. The van der Waals surface area contributed by atoms with Gasteiger partial charge in [0.05, 0.1) is 6.10 Å². The third-order valence-electron chi connectivity index (χ3n) is 2.84. The Morgan fingerprint density at radius 3 is 2.32 bits per heavy atom. The van der Waals surface area contributed by atoms with Gasteiger partial charge in [0.15, 0.2) is 0 Å². The number of benzene rings is 1. The van der Waals surface area contributed by atoms with Crippen molar-refractivity contribution in [1.82, 2.24) is 4.90 Å². The number of hydrogen-bond acceptors (Lipinski definition) is 4. The predicted molar refractivity (Wildman–Crippen MR) is 79.9 cm³/mol. The Labute approximate surface area is 116 Å². The highest BCUT2D eigenvalue weighted by Gasteiger charge is 2.04. The topological polar surface area (TPSA) is 47.7 Å². The van der Waals surface area contributed by atoms with Crippen LogP contribution in [0.2, 0.25) is 0 Å². The van der Waals surface area contributed by atoms with Gasteiger partial charge in [0.2, 0.25) is 0 Å². The first-order valence-electron chi connectivity index (χ1n) is 6.97. The van der Waals surface area contributed by atoms with Crippen molar-refractivity contribution in [1.29, 1.82) is 0 Å². The van der Waals surface area contributed by atoms with E-state index >= 15 is 0 Å². The van der Waals surface area contributed by atoms with Crippen LogP contribution in [0.15, 0.2) is 18.2 Å². The summed E-state index contributed by atoms with van der Waals surface area (Å²) in [5.41, 5.74) is 6.51. The zero-order valence-corrected chi connectivity index (χ0v) is 12.5. The van der Waals surface area contributed by atoms with Crippen LogP contribution in [-0.2, 0) is 0 Å². The summed E-state index contributed by atoms with van der Waals surface area (Å²) in [6, 6.07) is 5.53. The summed E-state index contributed by atoms with van der Waals surface area (Å²) in [6.07, 6.45) is 0.130. The third kappa shape index (κ3) is 5.83. The van der Waals surface area contributed by atoms with E-state index in [4.69, 9.17) is 15.2 Å². The van der Waals surface area contributed by atoms with Crippen LogP contribution in [0, 0.1) is 0 Å². The molecule has 0 aliphatic carbocycles. The van der Waals surface area contributed by atoms with Gasteiger partial charge < -0.3 is 20.1 Å². The summed E-state index contributed by atoms with van der Waals surface area (Å²) in [4.78, 5) is 2.32. The lowest BCUT2D eigenvalue weighted by molar-refractivity contribution is 0.219. The summed E-state index contributed by atoms with van der Waals surface area (Å²) in [5, 5.41) is 0. The first-order valence-corrected chi connectivity index (χ1v) is 6.97. The van der Waals surface area contributed by atoms with E-state index in [-0.39, 0.29) is 6.10 Å². The summed E-state index contributed by atoms with van der Waals surface area (Å²) in [7, 11) is 0. The molecule has 1 aromatic rings. The summed E-state index contributed by atoms with van der Waals surface area (Å²) >= 11 is 0. The standard InChI is InChI=1S/C15H26N2O2/c1-5-17(6-2)7-8-18-14-9-13(16)10-15(11-14)19-12(3)4/h9-12H,5-8,16H2,1-4H3. The van der Waals surface area contributed by atoms with Gasteiger partial charge in [-0.15, -0.1) is 0 Å². The van der Waals surface area contributed by atoms with Gasteiger partial charge in [0, 0.05) is 30.4 Å². The Bertz CT molecular complexity index is 376. The van der Waals surface area contributed by atoms with E-state index < -0.39 is 0 Å². The molecule has 0 radical (unpaired) electrons. The number of rotatable bonds is 8. The zero-order chi connectivity index (χ0) is 14.3. The fraction of sp³-hybridized carbons (Fsp3) is 0.600. The van der Waals surface area contributed by atoms with Crippen LogP contribution >= 0.6 is 0 Å². The van der Waals surface area contributed by atoms with E-state index in [9.17, 15) is 0 Å². The molecule has 0 aromatic heterocycles. The van der Waals surface area contributed by atoms with Crippen LogP contribution in [0.5, 0.6) is 11.5 Å². The largest absolute Gasteiger partial charge is 0.492 e. The molecule has 1 rings (SSSR count). The van der Waals surface area contributed by atoms with Crippen molar-refractivity contribution in [3.05, 3.63) is 18.2 Å². The number of ether oxygens (including phenoxy) is 2. The van der Waals surface area contributed by atoms with Crippen LogP contribution in [0.4, 0.5) is 5.69 Å². The summed E-state index contributed by atoms with van der Waals surface area (Å²) in [6.45, 7) is 11.9. The molecule has 0 saturated carbocycles. The number of nitrogens with zero attached hydrogens (tertiary/aromatic N) is 1. The Morgan fingerprint density at radius 2 is 1.74 bits per heavy atom. The van der Waals surface area contributed by atoms with Gasteiger partial charge >= 0.3 is 0 Å². The fourth-order valence-electron chi connectivity index (χ4n) is 1.85. The number of anilines is 1. The quantitative estimate of drug-likeness (QED) is 0.735. The molecule has 0 saturated heterocycles. The van der Waals surface area contributed by atoms with Gasteiger partial charge in [-0.2, -0.15) is 0 Å². The minimum Gasteiger partial charge on any atom is -0.492 e. The third-order valence-corrected chi connectivity index (χ3v) is 2.84. The van der Waals surface area contributed by atoms with Gasteiger partial charge in [-0.3, -0.25) is 0 Å². The first kappa shape index (κ1) is 15.6. The van der Waals surface area contributed by atoms with Crippen LogP contribution in [-0.4, -0.2) is 37.2 Å². The van der Waals surface area contributed by atoms with Gasteiger partial charge in [0.1, 0.15) is 18.1 Å². The molecule has 0 heterocycles. The Balaban J connectivity index is 2.55. The maximum absolute atomic E-state index is 5.85. The molecule has 0 spiro atoms. The highest BCUT2D eigenvalue weighted by Crippen LogP contribution is 2.25. The number of hydrogen-bond donors (Lipinski definition) is 1. The van der Waals surface area contributed by atoms with E-state index in [1.165, 1.54) is 0 Å². The maximum Gasteiger partial charge on any atom is 0.125 e. The second-order valence-electron chi connectivity index (χ2n) is 4.78. The molecule has 0 bridgehead atoms. The second-order valence-corrected chi connectivity index (χ2v) is 4.78. The highest BCUT2D eigenvalue weighted by molar-refractivity contribution is 5.50. The van der Waals surface area contributed by atoms with E-state index in [1.807, 2.05) is 32.0 Å². The van der Waals surface area contributed by atoms with Crippen LogP contribution in [0.1, 0.15) is 27.7 Å². The molecule has 108 valence electrons. The van der Waals surface area contributed by atoms with Gasteiger partial charge in [-0.05, 0) is 26.9 Å². The lowest BCUT2D eigenvalue weighted by atomic mass is 10.3. The smallest absolute Gasteiger partial charge is 0.125 e. The molecule has 0 amide bonds. The minimum atomic E-state index is 0.130. The van der Waals surface area contributed by atoms with Crippen LogP contribution in [0.3, 0.4) is 0 Å². The molecule has 0 aliphatic rings. The summed E-state index contributed by atoms with van der Waals surface area (Å²) < 4.78 is 11.4. The molecule has 0 unspecified atom stereocenters. The molecule has 0 fully saturated rings. The van der Waals surface area contributed by atoms with Crippen molar-refractivity contribution >= 4 is 5.69 Å². The summed E-state index contributed by atoms with van der Waals surface area (Å²) in [5.74, 6) is 1.52. The van der Waals surface area contributed by atoms with Crippen molar-refractivity contribution in [3.8, 4) is 11.5 Å². The van der Waals surface area contributed by atoms with Crippen LogP contribution < -0.4 is 15.2 Å². The van der Waals surface area contributed by atoms with Crippen LogP contribution in [0.25, 0.3) is 0 Å². The Morgan fingerprint density at radius 1 is 1.11 bits per heavy atom. The molecule has 4 heteroatoms. The second kappa shape index (κ2) is 7.89. The lowest BCUT2D eigenvalue weighted by Gasteiger charge is -2.18. The first-order chi connectivity index (χ1) is 9.05. The molecule has 0 atom stereocenters. The highest BCUT2D eigenvalue weighted by atomic mass is 16.5. The number of likely N-dealkylation sites (N-methyl/N-ethyl adjacent to an activating group) is 1. The maximum atomic E-state index is 5.85. The van der Waals surface area contributed by atoms with Crippen molar-refractivity contribution in [2.24, 2.45) is 0 Å². The molecule has 19 heavy (non-hydrogen) atoms. The normalized spacial score (nSPS) is 11.1. The van der Waals surface area contributed by atoms with E-state index in [0.717, 1.165) is 31.1 Å². The lowest BCUT2D eigenvalue weighted by Crippen LogP contribution is -2.27. The molecule has 2 N–H and O–H groups in total. The molecule has 0 aliphatic heterocycles. The van der Waals surface area contributed by atoms with E-state index in [2.05, 4.69) is 18.7 Å². The molecule has 4 nitrogen and oxygen atoms in total. The SMILES string of the molecule is CCN(CC)CCOc1cc(N)cc(OC(C)C)c1. The van der Waals surface area contributed by atoms with Crippen molar-refractivity contribution in [2.45, 2.75) is 33.8 Å². The fourth-order valence-corrected chi connectivity index (χ4v) is 1.85. The molecular weight excluding hydrogens is 240 g/mol. The van der Waals surface area contributed by atoms with E-state index in [1.54, 1.807) is 0 Å². The Kier molecular flexibility index (Phi) is 6.50. The van der Waals surface area contributed by atoms with E-state index in [0.29, 0.717) is 12.3 Å². The molecular formula is C15H26N2O2. The van der Waals surface area contributed by atoms with Gasteiger partial charge in [-0.1, -0.05) is 13.8 Å². The van der Waals surface area contributed by atoms with Crippen molar-refractivity contribution in [3.63, 3.8) is 0 Å². The monoisotopic (exact) mass is 266 g/mol. The Hall–Kier alpha value is -1.42. The van der Waals surface area contributed by atoms with Crippen molar-refractivity contribution in [2.75, 3.05) is 32.0 Å². The predicted octanol–water partition coefficient (Wildman–Crippen LogP) is 2.78. The van der Waals surface area contributed by atoms with Gasteiger partial charge in [0.25, 0.3) is 0 Å². The average Bonchev–Trinajstić information content (AvgIpc) is 2.33. The minimum absolute atomic E-state index is 0.130. The average molecular weight is 266 g/mol. The number of nitrogen functional groups attached to an aromatic ring is 1. The molecule has 1 aromatic carbocycles. The van der Waals surface area contributed by atoms with Gasteiger partial charge in [-0.25, -0.2) is 0 Å². The number of nitrogens with two attached hydrogens (primary N) is 1. The van der Waals surface area contributed by atoms with Crippen molar-refractivity contribution < 1.29 is 9.47 Å².